The summed E-state index contributed by atoms with van der Waals surface area (Å²) in [6.07, 6.45) is 2.17. The summed E-state index contributed by atoms with van der Waals surface area (Å²) in [6.45, 7) is 4.16. The average molecular weight is 264 g/mol. The van der Waals surface area contributed by atoms with Crippen molar-refractivity contribution in [1.82, 2.24) is 10.2 Å². The number of hydrogen-bond donors (Lipinski definition) is 1. The molecule has 0 spiro atoms. The fraction of sp³-hybridized carbons (Fsp3) is 0.533. The maximum atomic E-state index is 13.5. The van der Waals surface area contributed by atoms with E-state index in [0.717, 1.165) is 32.5 Å². The van der Waals surface area contributed by atoms with Crippen molar-refractivity contribution in [2.24, 2.45) is 5.92 Å². The average Bonchev–Trinajstić information content (AvgIpc) is 2.42. The molecule has 0 aliphatic carbocycles. The zero-order chi connectivity index (χ0) is 13.8. The lowest BCUT2D eigenvalue weighted by Gasteiger charge is -2.32. The Hall–Kier alpha value is -1.42. The number of amides is 1. The molecule has 19 heavy (non-hydrogen) atoms. The van der Waals surface area contributed by atoms with Crippen molar-refractivity contribution in [2.75, 3.05) is 26.7 Å². The molecule has 1 fully saturated rings. The fourth-order valence-corrected chi connectivity index (χ4v) is 2.61. The molecular formula is C15H21FN2O. The van der Waals surface area contributed by atoms with E-state index in [2.05, 4.69) is 5.32 Å². The highest BCUT2D eigenvalue weighted by Crippen LogP contribution is 2.19. The number of carbonyl (C=O) groups is 1. The highest BCUT2D eigenvalue weighted by atomic mass is 19.1. The molecule has 1 heterocycles. The van der Waals surface area contributed by atoms with Crippen molar-refractivity contribution < 1.29 is 9.18 Å². The normalized spacial score (nSPS) is 19.5. The van der Waals surface area contributed by atoms with Crippen molar-refractivity contribution in [3.63, 3.8) is 0 Å². The maximum Gasteiger partial charge on any atom is 0.253 e. The lowest BCUT2D eigenvalue weighted by molar-refractivity contribution is 0.0674. The zero-order valence-electron chi connectivity index (χ0n) is 11.6. The molecule has 0 bridgehead atoms. The van der Waals surface area contributed by atoms with Crippen molar-refractivity contribution in [2.45, 2.75) is 19.8 Å². The Morgan fingerprint density at radius 3 is 3.00 bits per heavy atom. The van der Waals surface area contributed by atoms with Crippen LogP contribution in [0.4, 0.5) is 4.39 Å². The van der Waals surface area contributed by atoms with Crippen molar-refractivity contribution >= 4 is 5.91 Å². The van der Waals surface area contributed by atoms with Gasteiger partial charge in [0.1, 0.15) is 5.82 Å². The second-order valence-electron chi connectivity index (χ2n) is 5.28. The van der Waals surface area contributed by atoms with E-state index in [1.54, 1.807) is 19.1 Å². The first-order valence-corrected chi connectivity index (χ1v) is 6.82. The number of benzene rings is 1. The minimum atomic E-state index is -0.311. The van der Waals surface area contributed by atoms with E-state index in [-0.39, 0.29) is 11.7 Å². The van der Waals surface area contributed by atoms with Crippen molar-refractivity contribution in [1.29, 1.82) is 0 Å². The lowest BCUT2D eigenvalue weighted by atomic mass is 9.97. The van der Waals surface area contributed by atoms with Crippen LogP contribution in [-0.4, -0.2) is 37.5 Å². The molecule has 1 atom stereocenters. The van der Waals surface area contributed by atoms with Gasteiger partial charge in [-0.15, -0.1) is 0 Å². The minimum absolute atomic E-state index is 0.0558. The van der Waals surface area contributed by atoms with Crippen LogP contribution in [0.25, 0.3) is 0 Å². The van der Waals surface area contributed by atoms with E-state index in [1.165, 1.54) is 6.07 Å². The Labute approximate surface area is 113 Å². The fourth-order valence-electron chi connectivity index (χ4n) is 2.61. The zero-order valence-corrected chi connectivity index (χ0v) is 11.6. The molecule has 4 heteroatoms. The molecule has 1 amide bonds. The monoisotopic (exact) mass is 264 g/mol. The van der Waals surface area contributed by atoms with E-state index in [1.807, 2.05) is 11.9 Å². The van der Waals surface area contributed by atoms with E-state index in [0.29, 0.717) is 17.0 Å². The minimum Gasteiger partial charge on any atom is -0.338 e. The van der Waals surface area contributed by atoms with Gasteiger partial charge in [0.25, 0.3) is 5.91 Å². The van der Waals surface area contributed by atoms with Gasteiger partial charge in [0.2, 0.25) is 0 Å². The van der Waals surface area contributed by atoms with Crippen LogP contribution in [0.1, 0.15) is 28.8 Å². The second-order valence-corrected chi connectivity index (χ2v) is 5.28. The Kier molecular flexibility index (Phi) is 4.53. The smallest absolute Gasteiger partial charge is 0.253 e. The Balaban J connectivity index is 2.08. The molecule has 0 aromatic heterocycles. The van der Waals surface area contributed by atoms with Crippen molar-refractivity contribution in [3.8, 4) is 0 Å². The van der Waals surface area contributed by atoms with Crippen LogP contribution in [-0.2, 0) is 0 Å². The van der Waals surface area contributed by atoms with E-state index in [9.17, 15) is 9.18 Å². The predicted molar refractivity (Wildman–Crippen MR) is 73.7 cm³/mol. The van der Waals surface area contributed by atoms with Crippen LogP contribution >= 0.6 is 0 Å². The molecule has 2 rings (SSSR count). The molecule has 0 unspecified atom stereocenters. The molecule has 0 saturated carbocycles. The maximum absolute atomic E-state index is 13.5. The molecule has 1 aromatic carbocycles. The summed E-state index contributed by atoms with van der Waals surface area (Å²) >= 11 is 0. The first-order chi connectivity index (χ1) is 9.11. The highest BCUT2D eigenvalue weighted by molar-refractivity contribution is 5.94. The summed E-state index contributed by atoms with van der Waals surface area (Å²) in [5.74, 6) is 0.132. The van der Waals surface area contributed by atoms with Gasteiger partial charge in [-0.25, -0.2) is 4.39 Å². The first-order valence-electron chi connectivity index (χ1n) is 6.82. The Morgan fingerprint density at radius 2 is 2.32 bits per heavy atom. The molecule has 0 radical (unpaired) electrons. The SMILES string of the molecule is CNC[C@H]1CCCN(C(=O)c2ccc(C)c(F)c2)C1. The number of hydrogen-bond acceptors (Lipinski definition) is 2. The first kappa shape index (κ1) is 14.0. The number of carbonyl (C=O) groups excluding carboxylic acids is 1. The summed E-state index contributed by atoms with van der Waals surface area (Å²) in [6, 6.07) is 4.72. The topological polar surface area (TPSA) is 32.3 Å². The van der Waals surface area contributed by atoms with Crippen LogP contribution in [0.15, 0.2) is 18.2 Å². The van der Waals surface area contributed by atoms with Crippen LogP contribution < -0.4 is 5.32 Å². The highest BCUT2D eigenvalue weighted by Gasteiger charge is 2.24. The van der Waals surface area contributed by atoms with Gasteiger partial charge in [0.05, 0.1) is 0 Å². The van der Waals surface area contributed by atoms with Gasteiger partial charge in [0, 0.05) is 18.7 Å². The molecule has 1 saturated heterocycles. The molecule has 1 aliphatic rings. The second kappa shape index (κ2) is 6.15. The Morgan fingerprint density at radius 1 is 1.53 bits per heavy atom. The summed E-state index contributed by atoms with van der Waals surface area (Å²) in [4.78, 5) is 14.2. The third-order valence-electron chi connectivity index (χ3n) is 3.72. The quantitative estimate of drug-likeness (QED) is 0.907. The molecule has 3 nitrogen and oxygen atoms in total. The van der Waals surface area contributed by atoms with Crippen LogP contribution in [0.5, 0.6) is 0 Å². The standard InChI is InChI=1S/C15H21FN2O/c1-11-5-6-13(8-14(11)16)15(19)18-7-3-4-12(10-18)9-17-2/h5-6,8,12,17H,3-4,7,9-10H2,1-2H3/t12-/m1/s1. The van der Waals surface area contributed by atoms with E-state index < -0.39 is 0 Å². The number of nitrogens with one attached hydrogen (secondary N) is 1. The van der Waals surface area contributed by atoms with Gasteiger partial charge in [-0.3, -0.25) is 4.79 Å². The number of nitrogens with zero attached hydrogens (tertiary/aromatic N) is 1. The number of piperidine rings is 1. The third-order valence-corrected chi connectivity index (χ3v) is 3.72. The molecule has 1 aromatic rings. The molecule has 1 N–H and O–H groups in total. The summed E-state index contributed by atoms with van der Waals surface area (Å²) in [7, 11) is 1.93. The van der Waals surface area contributed by atoms with E-state index >= 15 is 0 Å². The van der Waals surface area contributed by atoms with Gasteiger partial charge in [-0.2, -0.15) is 0 Å². The largest absolute Gasteiger partial charge is 0.338 e. The van der Waals surface area contributed by atoms with Crippen LogP contribution in [0.2, 0.25) is 0 Å². The predicted octanol–water partition coefficient (Wildman–Crippen LogP) is 2.21. The summed E-state index contributed by atoms with van der Waals surface area (Å²) < 4.78 is 13.5. The summed E-state index contributed by atoms with van der Waals surface area (Å²) in [5.41, 5.74) is 1.02. The molecular weight excluding hydrogens is 243 g/mol. The van der Waals surface area contributed by atoms with Crippen LogP contribution in [0.3, 0.4) is 0 Å². The van der Waals surface area contributed by atoms with Gasteiger partial charge in [-0.1, -0.05) is 6.07 Å². The summed E-state index contributed by atoms with van der Waals surface area (Å²) in [5, 5.41) is 3.16. The molecule has 1 aliphatic heterocycles. The number of aryl methyl sites for hydroxylation is 1. The van der Waals surface area contributed by atoms with Gasteiger partial charge < -0.3 is 10.2 Å². The third kappa shape index (κ3) is 3.32. The van der Waals surface area contributed by atoms with Crippen molar-refractivity contribution in [3.05, 3.63) is 35.1 Å². The Bertz CT molecular complexity index is 459. The van der Waals surface area contributed by atoms with Gasteiger partial charge >= 0.3 is 0 Å². The number of likely N-dealkylation sites (tertiary alicyclic amines) is 1. The van der Waals surface area contributed by atoms with E-state index in [4.69, 9.17) is 0 Å². The lowest BCUT2D eigenvalue weighted by Crippen LogP contribution is -2.42. The number of rotatable bonds is 3. The van der Waals surface area contributed by atoms with Gasteiger partial charge in [0.15, 0.2) is 0 Å². The van der Waals surface area contributed by atoms with Gasteiger partial charge in [-0.05, 0) is 57.0 Å². The number of halogens is 1. The van der Waals surface area contributed by atoms with Crippen LogP contribution in [0, 0.1) is 18.7 Å². The molecule has 104 valence electrons.